The number of carboxylic acids is 1. The molecule has 0 unspecified atom stereocenters. The van der Waals surface area contributed by atoms with Crippen LogP contribution in [0.5, 0.6) is 5.75 Å². The molecule has 1 aromatic carbocycles. The molecule has 0 aliphatic rings. The number of benzene rings is 1. The van der Waals surface area contributed by atoms with Crippen LogP contribution in [0, 0.1) is 11.8 Å². The van der Waals surface area contributed by atoms with Gasteiger partial charge in [-0.2, -0.15) is 12.6 Å². The number of aliphatic carboxylic acids is 1. The lowest BCUT2D eigenvalue weighted by atomic mass is 10.0. The molecule has 1 aromatic rings. The Morgan fingerprint density at radius 3 is 1.95 bits per heavy atom. The van der Waals surface area contributed by atoms with Gasteiger partial charge in [-0.15, -0.1) is 0 Å². The summed E-state index contributed by atoms with van der Waals surface area (Å²) in [7, 11) is 0. The maximum atomic E-state index is 12.8. The molecule has 0 aliphatic heterocycles. The van der Waals surface area contributed by atoms with Gasteiger partial charge < -0.3 is 37.2 Å². The number of carboxylic acid groups (broad SMARTS) is 1. The fourth-order valence-electron chi connectivity index (χ4n) is 3.14. The molecule has 0 fully saturated rings. The smallest absolute Gasteiger partial charge is 0.327 e. The number of nitrogens with two attached hydrogens (primary N) is 1. The maximum absolute atomic E-state index is 12.8. The third kappa shape index (κ3) is 10.7. The lowest BCUT2D eigenvalue weighted by molar-refractivity contribution is -0.141. The first-order valence-corrected chi connectivity index (χ1v) is 12.4. The van der Waals surface area contributed by atoms with Crippen LogP contribution in [0.4, 0.5) is 0 Å². The zero-order valence-corrected chi connectivity index (χ0v) is 22.2. The lowest BCUT2D eigenvalue weighted by Gasteiger charge is -2.25. The van der Waals surface area contributed by atoms with Crippen molar-refractivity contribution in [1.82, 2.24) is 21.3 Å². The summed E-state index contributed by atoms with van der Waals surface area (Å²) in [6, 6.07) is 1.72. The van der Waals surface area contributed by atoms with Crippen molar-refractivity contribution in [3.8, 4) is 5.75 Å². The molecular weight excluding hydrogens is 502 g/mol. The fourth-order valence-corrected chi connectivity index (χ4v) is 3.39. The molecule has 1 rings (SSSR count). The quantitative estimate of drug-likeness (QED) is 0.140. The predicted octanol–water partition coefficient (Wildman–Crippen LogP) is -0.841. The van der Waals surface area contributed by atoms with E-state index in [-0.39, 0.29) is 29.8 Å². The van der Waals surface area contributed by atoms with Gasteiger partial charge >= 0.3 is 5.97 Å². The van der Waals surface area contributed by atoms with Crippen molar-refractivity contribution in [2.75, 3.05) is 12.3 Å². The van der Waals surface area contributed by atoms with Crippen molar-refractivity contribution in [3.63, 3.8) is 0 Å². The largest absolute Gasteiger partial charge is 0.508 e. The Labute approximate surface area is 221 Å². The van der Waals surface area contributed by atoms with Gasteiger partial charge in [0, 0.05) is 12.2 Å². The lowest BCUT2D eigenvalue weighted by Crippen LogP contribution is -2.57. The summed E-state index contributed by atoms with van der Waals surface area (Å²) in [5.41, 5.74) is 6.43. The van der Waals surface area contributed by atoms with Gasteiger partial charge in [-0.05, 0) is 29.5 Å². The molecule has 0 heterocycles. The number of thiol groups is 1. The zero-order valence-electron chi connectivity index (χ0n) is 21.4. The topological polar surface area (TPSA) is 200 Å². The Kier molecular flexibility index (Phi) is 12.9. The molecule has 0 radical (unpaired) electrons. The highest BCUT2D eigenvalue weighted by Crippen LogP contribution is 2.12. The van der Waals surface area contributed by atoms with E-state index in [1.54, 1.807) is 39.8 Å². The molecule has 0 aliphatic carbocycles. The molecule has 37 heavy (non-hydrogen) atoms. The Morgan fingerprint density at radius 1 is 0.865 bits per heavy atom. The van der Waals surface area contributed by atoms with Crippen LogP contribution in [0.3, 0.4) is 0 Å². The SMILES string of the molecule is CC(C)[C@H](N)C(=O)N[C@H](C(=O)NCC(=O)N[C@@H](Cc1ccc(O)cc1)C(=O)N[C@@H](CS)C(=O)O)C(C)C. The van der Waals surface area contributed by atoms with Crippen LogP contribution in [0.1, 0.15) is 33.3 Å². The second-order valence-corrected chi connectivity index (χ2v) is 9.66. The van der Waals surface area contributed by atoms with Crippen LogP contribution >= 0.6 is 12.6 Å². The number of hydrogen-bond donors (Lipinski definition) is 8. The van der Waals surface area contributed by atoms with Crippen LogP contribution in [0.15, 0.2) is 24.3 Å². The number of hydrogen-bond acceptors (Lipinski definition) is 8. The van der Waals surface area contributed by atoms with E-state index in [0.717, 1.165) is 0 Å². The Hall–Kier alpha value is -3.32. The standard InChI is InChI=1S/C24H37N5O7S/c1-12(2)19(25)22(33)29-20(13(3)4)23(34)26-10-18(31)27-16(9-14-5-7-15(30)8-6-14)21(32)28-17(11-37)24(35)36/h5-8,12-13,16-17,19-20,30,37H,9-11,25H2,1-4H3,(H,26,34)(H,27,31)(H,28,32)(H,29,33)(H,35,36)/t16-,17-,19-,20-/m0/s1. The molecule has 13 heteroatoms. The average molecular weight is 540 g/mol. The second-order valence-electron chi connectivity index (χ2n) is 9.29. The first kappa shape index (κ1) is 31.7. The van der Waals surface area contributed by atoms with Gasteiger partial charge in [0.15, 0.2) is 0 Å². The molecule has 4 amide bonds. The maximum Gasteiger partial charge on any atom is 0.327 e. The number of phenols is 1. The normalized spacial score (nSPS) is 14.3. The van der Waals surface area contributed by atoms with Crippen molar-refractivity contribution in [3.05, 3.63) is 29.8 Å². The summed E-state index contributed by atoms with van der Waals surface area (Å²) in [6.45, 7) is 6.51. The van der Waals surface area contributed by atoms with E-state index in [1.807, 2.05) is 0 Å². The summed E-state index contributed by atoms with van der Waals surface area (Å²) in [4.78, 5) is 61.7. The second kappa shape index (κ2) is 15.1. The van der Waals surface area contributed by atoms with Crippen molar-refractivity contribution >= 4 is 42.2 Å². The number of carbonyl (C=O) groups excluding carboxylic acids is 4. The first-order valence-electron chi connectivity index (χ1n) is 11.8. The van der Waals surface area contributed by atoms with Crippen molar-refractivity contribution in [2.45, 2.75) is 58.3 Å². The van der Waals surface area contributed by atoms with E-state index in [2.05, 4.69) is 33.9 Å². The van der Waals surface area contributed by atoms with Crippen LogP contribution in [-0.4, -0.2) is 76.3 Å². The van der Waals surface area contributed by atoms with Gasteiger partial charge in [-0.1, -0.05) is 39.8 Å². The summed E-state index contributed by atoms with van der Waals surface area (Å²) in [5, 5.41) is 28.5. The van der Waals surface area contributed by atoms with Gasteiger partial charge in [-0.25, -0.2) is 4.79 Å². The number of rotatable bonds is 14. The molecule has 0 bridgehead atoms. The number of amides is 4. The molecule has 206 valence electrons. The minimum Gasteiger partial charge on any atom is -0.508 e. The van der Waals surface area contributed by atoms with Crippen molar-refractivity contribution in [1.29, 1.82) is 0 Å². The van der Waals surface area contributed by atoms with E-state index >= 15 is 0 Å². The number of carbonyl (C=O) groups is 5. The van der Waals surface area contributed by atoms with Gasteiger partial charge in [0.05, 0.1) is 12.6 Å². The molecule has 0 saturated heterocycles. The third-order valence-corrected chi connectivity index (χ3v) is 5.88. The van der Waals surface area contributed by atoms with Crippen molar-refractivity contribution < 1.29 is 34.2 Å². The first-order chi connectivity index (χ1) is 17.3. The monoisotopic (exact) mass is 539 g/mol. The van der Waals surface area contributed by atoms with E-state index in [9.17, 15) is 34.2 Å². The van der Waals surface area contributed by atoms with Crippen LogP contribution < -0.4 is 27.0 Å². The van der Waals surface area contributed by atoms with E-state index in [4.69, 9.17) is 5.73 Å². The minimum absolute atomic E-state index is 0.0114. The Balaban J connectivity index is 2.89. The molecule has 0 spiro atoms. The molecule has 0 saturated carbocycles. The highest BCUT2D eigenvalue weighted by molar-refractivity contribution is 7.80. The minimum atomic E-state index is -1.29. The number of phenolic OH excluding ortho intramolecular Hbond substituents is 1. The highest BCUT2D eigenvalue weighted by Gasteiger charge is 2.29. The van der Waals surface area contributed by atoms with Gasteiger partial charge in [-0.3, -0.25) is 19.2 Å². The van der Waals surface area contributed by atoms with Gasteiger partial charge in [0.25, 0.3) is 0 Å². The van der Waals surface area contributed by atoms with Gasteiger partial charge in [0.1, 0.15) is 23.9 Å². The third-order valence-electron chi connectivity index (χ3n) is 5.52. The molecule has 8 N–H and O–H groups in total. The molecular formula is C24H37N5O7S. The Bertz CT molecular complexity index is 955. The van der Waals surface area contributed by atoms with Crippen molar-refractivity contribution in [2.24, 2.45) is 17.6 Å². The predicted molar refractivity (Wildman–Crippen MR) is 140 cm³/mol. The van der Waals surface area contributed by atoms with Crippen LogP contribution in [0.2, 0.25) is 0 Å². The van der Waals surface area contributed by atoms with E-state index in [1.165, 1.54) is 12.1 Å². The molecule has 4 atom stereocenters. The summed E-state index contributed by atoms with van der Waals surface area (Å²) in [5.74, 6) is -4.44. The molecule has 12 nitrogen and oxygen atoms in total. The average Bonchev–Trinajstić information content (AvgIpc) is 2.83. The summed E-state index contributed by atoms with van der Waals surface area (Å²) >= 11 is 3.92. The summed E-state index contributed by atoms with van der Waals surface area (Å²) in [6.07, 6.45) is -0.0114. The number of nitrogens with one attached hydrogen (secondary N) is 4. The van der Waals surface area contributed by atoms with Crippen LogP contribution in [-0.2, 0) is 30.4 Å². The highest BCUT2D eigenvalue weighted by atomic mass is 32.1. The van der Waals surface area contributed by atoms with Gasteiger partial charge in [0.2, 0.25) is 23.6 Å². The molecule has 0 aromatic heterocycles. The Morgan fingerprint density at radius 2 is 1.46 bits per heavy atom. The zero-order chi connectivity index (χ0) is 28.3. The van der Waals surface area contributed by atoms with E-state index < -0.39 is 60.3 Å². The fraction of sp³-hybridized carbons (Fsp3) is 0.542. The van der Waals surface area contributed by atoms with E-state index in [0.29, 0.717) is 5.56 Å². The van der Waals surface area contributed by atoms with Crippen LogP contribution in [0.25, 0.3) is 0 Å². The summed E-state index contributed by atoms with van der Waals surface area (Å²) < 4.78 is 0. The number of aromatic hydroxyl groups is 1.